The van der Waals surface area contributed by atoms with Crippen LogP contribution in [-0.2, 0) is 24.2 Å². The zero-order valence-corrected chi connectivity index (χ0v) is 17.1. The van der Waals surface area contributed by atoms with E-state index in [0.717, 1.165) is 42.3 Å². The quantitative estimate of drug-likeness (QED) is 0.627. The van der Waals surface area contributed by atoms with E-state index in [0.29, 0.717) is 23.7 Å². The summed E-state index contributed by atoms with van der Waals surface area (Å²) in [6.07, 6.45) is 5.31. The molecule has 26 heavy (non-hydrogen) atoms. The Kier molecular flexibility index (Phi) is 4.86. The molecule has 4 rings (SSSR count). The van der Waals surface area contributed by atoms with Crippen LogP contribution in [0.2, 0.25) is 0 Å². The summed E-state index contributed by atoms with van der Waals surface area (Å²) in [7, 11) is 0. The molecule has 1 N–H and O–H groups in total. The van der Waals surface area contributed by atoms with Gasteiger partial charge in [-0.3, -0.25) is 14.2 Å². The number of thioether (sulfide) groups is 1. The zero-order valence-electron chi connectivity index (χ0n) is 15.5. The Balaban J connectivity index is 1.70. The number of thiophene rings is 1. The number of aromatic nitrogens is 2. The third kappa shape index (κ3) is 3.31. The molecule has 0 aliphatic heterocycles. The van der Waals surface area contributed by atoms with Crippen LogP contribution >= 0.6 is 23.1 Å². The van der Waals surface area contributed by atoms with E-state index in [-0.39, 0.29) is 16.7 Å². The van der Waals surface area contributed by atoms with E-state index in [4.69, 9.17) is 4.98 Å². The zero-order chi connectivity index (χ0) is 18.4. The van der Waals surface area contributed by atoms with Crippen LogP contribution < -0.4 is 10.9 Å². The van der Waals surface area contributed by atoms with Gasteiger partial charge in [-0.05, 0) is 57.4 Å². The highest BCUT2D eigenvalue weighted by Gasteiger charge is 2.28. The third-order valence-electron chi connectivity index (χ3n) is 5.27. The molecule has 0 saturated heterocycles. The van der Waals surface area contributed by atoms with Gasteiger partial charge < -0.3 is 5.32 Å². The number of rotatable bonds is 5. The predicted octanol–water partition coefficient (Wildman–Crippen LogP) is 3.36. The van der Waals surface area contributed by atoms with E-state index in [9.17, 15) is 9.59 Å². The summed E-state index contributed by atoms with van der Waals surface area (Å²) >= 11 is 3.06. The molecular weight excluding hydrogens is 366 g/mol. The first kappa shape index (κ1) is 18.0. The molecule has 2 aromatic heterocycles. The molecule has 0 unspecified atom stereocenters. The van der Waals surface area contributed by atoms with Gasteiger partial charge >= 0.3 is 0 Å². The Hall–Kier alpha value is -1.34. The van der Waals surface area contributed by atoms with Gasteiger partial charge in [-0.1, -0.05) is 18.7 Å². The number of aryl methyl sites for hydroxylation is 1. The Bertz CT molecular complexity index is 914. The molecule has 2 aliphatic rings. The summed E-state index contributed by atoms with van der Waals surface area (Å²) in [5.41, 5.74) is 1.28. The van der Waals surface area contributed by atoms with Crippen LogP contribution in [0.3, 0.4) is 0 Å². The first-order valence-electron chi connectivity index (χ1n) is 9.50. The van der Waals surface area contributed by atoms with Crippen molar-refractivity contribution in [2.75, 3.05) is 0 Å². The summed E-state index contributed by atoms with van der Waals surface area (Å²) in [6.45, 7) is 6.70. The molecule has 140 valence electrons. The second kappa shape index (κ2) is 7.00. The van der Waals surface area contributed by atoms with Gasteiger partial charge in [-0.15, -0.1) is 11.3 Å². The lowest BCUT2D eigenvalue weighted by Gasteiger charge is -2.18. The van der Waals surface area contributed by atoms with Crippen molar-refractivity contribution in [2.45, 2.75) is 75.9 Å². The Morgan fingerprint density at radius 3 is 2.88 bits per heavy atom. The van der Waals surface area contributed by atoms with E-state index in [2.05, 4.69) is 12.2 Å². The summed E-state index contributed by atoms with van der Waals surface area (Å²) in [5.74, 6) is 0.706. The molecule has 2 aliphatic carbocycles. The van der Waals surface area contributed by atoms with Gasteiger partial charge in [0, 0.05) is 17.5 Å². The molecule has 1 amide bonds. The molecule has 0 radical (unpaired) electrons. The van der Waals surface area contributed by atoms with Crippen LogP contribution in [0.5, 0.6) is 0 Å². The first-order chi connectivity index (χ1) is 12.5. The minimum absolute atomic E-state index is 0.0359. The summed E-state index contributed by atoms with van der Waals surface area (Å²) in [5, 5.41) is 4.26. The molecule has 7 heteroatoms. The molecule has 2 heterocycles. The van der Waals surface area contributed by atoms with Crippen LogP contribution in [0.15, 0.2) is 9.95 Å². The number of hydrogen-bond acceptors (Lipinski definition) is 5. The summed E-state index contributed by atoms with van der Waals surface area (Å²) in [6, 6.07) is 0.348. The largest absolute Gasteiger partial charge is 0.352 e. The average Bonchev–Trinajstić information content (AvgIpc) is 3.33. The Labute approximate surface area is 161 Å². The van der Waals surface area contributed by atoms with E-state index < -0.39 is 0 Å². The first-order valence-corrected chi connectivity index (χ1v) is 11.2. The molecule has 1 saturated carbocycles. The van der Waals surface area contributed by atoms with Crippen LogP contribution in [0.4, 0.5) is 0 Å². The van der Waals surface area contributed by atoms with Crippen molar-refractivity contribution in [1.29, 1.82) is 0 Å². The van der Waals surface area contributed by atoms with Gasteiger partial charge in [0.1, 0.15) is 4.83 Å². The lowest BCUT2D eigenvalue weighted by atomic mass is 9.89. The molecular formula is C19H25N3O2S2. The fourth-order valence-electron chi connectivity index (χ4n) is 3.53. The number of amides is 1. The molecule has 0 spiro atoms. The van der Waals surface area contributed by atoms with Crippen LogP contribution in [0, 0.1) is 5.92 Å². The molecule has 2 aromatic rings. The van der Waals surface area contributed by atoms with Crippen molar-refractivity contribution in [3.63, 3.8) is 0 Å². The van der Waals surface area contributed by atoms with E-state index in [1.54, 1.807) is 15.9 Å². The SMILES string of the molecule is CCn1c(S[C@@H](C)C(=O)NC2CC2)nc2sc3c(c2c1=O)CC[C@@H](C)C3. The van der Waals surface area contributed by atoms with Gasteiger partial charge in [-0.2, -0.15) is 0 Å². The smallest absolute Gasteiger partial charge is 0.263 e. The maximum Gasteiger partial charge on any atom is 0.263 e. The highest BCUT2D eigenvalue weighted by atomic mass is 32.2. The van der Waals surface area contributed by atoms with E-state index in [1.165, 1.54) is 22.2 Å². The summed E-state index contributed by atoms with van der Waals surface area (Å²) in [4.78, 5) is 32.4. The highest BCUT2D eigenvalue weighted by molar-refractivity contribution is 8.00. The Morgan fingerprint density at radius 2 is 2.19 bits per heavy atom. The minimum Gasteiger partial charge on any atom is -0.352 e. The van der Waals surface area contributed by atoms with Crippen molar-refractivity contribution in [2.24, 2.45) is 5.92 Å². The number of nitrogens with one attached hydrogen (secondary N) is 1. The molecule has 0 bridgehead atoms. The highest BCUT2D eigenvalue weighted by Crippen LogP contribution is 2.37. The number of hydrogen-bond donors (Lipinski definition) is 1. The third-order valence-corrected chi connectivity index (χ3v) is 7.51. The van der Waals surface area contributed by atoms with Gasteiger partial charge in [-0.25, -0.2) is 4.98 Å². The van der Waals surface area contributed by atoms with Crippen LogP contribution in [0.1, 0.15) is 50.5 Å². The molecule has 1 fully saturated rings. The van der Waals surface area contributed by atoms with Crippen molar-refractivity contribution >= 4 is 39.2 Å². The normalized spacial score (nSPS) is 20.8. The molecule has 5 nitrogen and oxygen atoms in total. The lowest BCUT2D eigenvalue weighted by molar-refractivity contribution is -0.120. The van der Waals surface area contributed by atoms with E-state index in [1.807, 2.05) is 13.8 Å². The fraction of sp³-hybridized carbons (Fsp3) is 0.632. The van der Waals surface area contributed by atoms with Gasteiger partial charge in [0.05, 0.1) is 10.6 Å². The van der Waals surface area contributed by atoms with Crippen molar-refractivity contribution in [3.05, 3.63) is 20.8 Å². The van der Waals surface area contributed by atoms with E-state index >= 15 is 0 Å². The minimum atomic E-state index is -0.257. The van der Waals surface area contributed by atoms with Gasteiger partial charge in [0.25, 0.3) is 5.56 Å². The number of carbonyl (C=O) groups is 1. The number of fused-ring (bicyclic) bond motifs is 3. The topological polar surface area (TPSA) is 64.0 Å². The predicted molar refractivity (Wildman–Crippen MR) is 107 cm³/mol. The second-order valence-corrected chi connectivity index (χ2v) is 9.91. The maximum absolute atomic E-state index is 13.1. The Morgan fingerprint density at radius 1 is 1.42 bits per heavy atom. The maximum atomic E-state index is 13.1. The van der Waals surface area contributed by atoms with Gasteiger partial charge in [0.2, 0.25) is 5.91 Å². The monoisotopic (exact) mass is 391 g/mol. The van der Waals surface area contributed by atoms with Crippen molar-refractivity contribution in [3.8, 4) is 0 Å². The summed E-state index contributed by atoms with van der Waals surface area (Å²) < 4.78 is 1.74. The van der Waals surface area contributed by atoms with Crippen molar-refractivity contribution < 1.29 is 4.79 Å². The average molecular weight is 392 g/mol. The second-order valence-electron chi connectivity index (χ2n) is 7.52. The van der Waals surface area contributed by atoms with Crippen LogP contribution in [-0.4, -0.2) is 26.8 Å². The number of nitrogens with zero attached hydrogens (tertiary/aromatic N) is 2. The van der Waals surface area contributed by atoms with Crippen molar-refractivity contribution in [1.82, 2.24) is 14.9 Å². The molecule has 0 aromatic carbocycles. The van der Waals surface area contributed by atoms with Gasteiger partial charge in [0.15, 0.2) is 5.16 Å². The van der Waals surface area contributed by atoms with Crippen LogP contribution in [0.25, 0.3) is 10.2 Å². The lowest BCUT2D eigenvalue weighted by Crippen LogP contribution is -2.33. The standard InChI is InChI=1S/C19H25N3O2S2/c1-4-22-18(24)15-13-8-5-10(2)9-14(13)26-17(15)21-19(22)25-11(3)16(23)20-12-6-7-12/h10-12H,4-9H2,1-3H3,(H,20,23)/t10-,11+/m1/s1. The fourth-order valence-corrected chi connectivity index (χ4v) is 5.94. The molecule has 2 atom stereocenters. The number of carbonyl (C=O) groups excluding carboxylic acids is 1.